The van der Waals surface area contributed by atoms with Crippen molar-refractivity contribution in [2.45, 2.75) is 13.8 Å². The molecule has 0 unspecified atom stereocenters. The van der Waals surface area contributed by atoms with Crippen molar-refractivity contribution >= 4 is 17.3 Å². The molecular formula is C18H17F3N2O. The average molecular weight is 334 g/mol. The van der Waals surface area contributed by atoms with Crippen LogP contribution in [0.15, 0.2) is 30.3 Å². The van der Waals surface area contributed by atoms with Gasteiger partial charge in [-0.15, -0.1) is 0 Å². The number of hydrogen-bond donors (Lipinski definition) is 1. The number of carbonyl (C=O) groups is 1. The van der Waals surface area contributed by atoms with Crippen LogP contribution < -0.4 is 5.32 Å². The molecule has 0 saturated carbocycles. The van der Waals surface area contributed by atoms with E-state index in [4.69, 9.17) is 0 Å². The molecule has 2 aromatic rings. The Morgan fingerprint density at radius 2 is 1.83 bits per heavy atom. The van der Waals surface area contributed by atoms with Gasteiger partial charge >= 0.3 is 0 Å². The SMILES string of the molecule is Cc1ccc(Nc2c(C(=O)N3CC(C)C3)ccc(F)c2F)c(F)c1. The molecule has 2 aromatic carbocycles. The van der Waals surface area contributed by atoms with Gasteiger partial charge in [-0.05, 0) is 42.7 Å². The fourth-order valence-corrected chi connectivity index (χ4v) is 2.74. The summed E-state index contributed by atoms with van der Waals surface area (Å²) in [5, 5.41) is 2.53. The predicted molar refractivity (Wildman–Crippen MR) is 85.8 cm³/mol. The minimum atomic E-state index is -1.20. The number of amides is 1. The van der Waals surface area contributed by atoms with Crippen LogP contribution in [0, 0.1) is 30.3 Å². The van der Waals surface area contributed by atoms with E-state index in [9.17, 15) is 18.0 Å². The van der Waals surface area contributed by atoms with Gasteiger partial charge in [0.05, 0.1) is 16.9 Å². The molecule has 0 aliphatic carbocycles. The molecule has 0 bridgehead atoms. The van der Waals surface area contributed by atoms with Gasteiger partial charge in [-0.3, -0.25) is 4.79 Å². The maximum Gasteiger partial charge on any atom is 0.256 e. The second kappa shape index (κ2) is 6.19. The van der Waals surface area contributed by atoms with Crippen LogP contribution in [0.2, 0.25) is 0 Å². The highest BCUT2D eigenvalue weighted by Crippen LogP contribution is 2.30. The number of hydrogen-bond acceptors (Lipinski definition) is 2. The van der Waals surface area contributed by atoms with E-state index in [0.717, 1.165) is 6.07 Å². The normalized spacial score (nSPS) is 14.5. The molecule has 6 heteroatoms. The Kier molecular flexibility index (Phi) is 4.22. The topological polar surface area (TPSA) is 32.3 Å². The van der Waals surface area contributed by atoms with Gasteiger partial charge < -0.3 is 10.2 Å². The van der Waals surface area contributed by atoms with Gasteiger partial charge in [0.2, 0.25) is 0 Å². The van der Waals surface area contributed by atoms with Crippen LogP contribution >= 0.6 is 0 Å². The van der Waals surface area contributed by atoms with Gasteiger partial charge in [0.25, 0.3) is 5.91 Å². The molecule has 0 atom stereocenters. The number of benzene rings is 2. The minimum Gasteiger partial charge on any atom is -0.350 e. The molecule has 0 radical (unpaired) electrons. The zero-order valence-corrected chi connectivity index (χ0v) is 13.4. The van der Waals surface area contributed by atoms with E-state index >= 15 is 0 Å². The minimum absolute atomic E-state index is 0.0132. The van der Waals surface area contributed by atoms with Gasteiger partial charge in [0, 0.05) is 13.1 Å². The molecule has 1 N–H and O–H groups in total. The van der Waals surface area contributed by atoms with Gasteiger partial charge in [0.1, 0.15) is 5.82 Å². The molecule has 3 nitrogen and oxygen atoms in total. The summed E-state index contributed by atoms with van der Waals surface area (Å²) in [5.41, 5.74) is 0.322. The first-order chi connectivity index (χ1) is 11.4. The standard InChI is InChI=1S/C18H17F3N2O/c1-10-3-6-15(14(20)7-10)22-17-12(4-5-13(19)16(17)21)18(24)23-8-11(2)9-23/h3-7,11,22H,8-9H2,1-2H3. The van der Waals surface area contributed by atoms with Crippen molar-refractivity contribution in [3.8, 4) is 0 Å². The van der Waals surface area contributed by atoms with Crippen molar-refractivity contribution in [1.82, 2.24) is 4.90 Å². The highest BCUT2D eigenvalue weighted by atomic mass is 19.2. The van der Waals surface area contributed by atoms with Crippen LogP contribution in [0.4, 0.5) is 24.5 Å². The number of nitrogens with zero attached hydrogens (tertiary/aromatic N) is 1. The predicted octanol–water partition coefficient (Wildman–Crippen LogP) is 4.25. The van der Waals surface area contributed by atoms with Crippen molar-refractivity contribution < 1.29 is 18.0 Å². The molecule has 0 spiro atoms. The number of halogens is 3. The van der Waals surface area contributed by atoms with Crippen LogP contribution in [-0.2, 0) is 0 Å². The Morgan fingerprint density at radius 1 is 1.12 bits per heavy atom. The number of anilines is 2. The summed E-state index contributed by atoms with van der Waals surface area (Å²) in [7, 11) is 0. The summed E-state index contributed by atoms with van der Waals surface area (Å²) in [6.45, 7) is 4.85. The number of carbonyl (C=O) groups excluding carboxylic acids is 1. The van der Waals surface area contributed by atoms with Crippen LogP contribution in [0.3, 0.4) is 0 Å². The Labute approximate surface area is 138 Å². The van der Waals surface area contributed by atoms with Crippen LogP contribution in [0.25, 0.3) is 0 Å². The van der Waals surface area contributed by atoms with Gasteiger partial charge in [0.15, 0.2) is 11.6 Å². The number of rotatable bonds is 3. The quantitative estimate of drug-likeness (QED) is 0.910. The van der Waals surface area contributed by atoms with E-state index < -0.39 is 23.4 Å². The van der Waals surface area contributed by atoms with Crippen LogP contribution in [0.5, 0.6) is 0 Å². The molecule has 24 heavy (non-hydrogen) atoms. The number of likely N-dealkylation sites (tertiary alicyclic amines) is 1. The fraction of sp³-hybridized carbons (Fsp3) is 0.278. The van der Waals surface area contributed by atoms with E-state index in [-0.39, 0.29) is 16.9 Å². The molecule has 126 valence electrons. The average Bonchev–Trinajstić information content (AvgIpc) is 2.50. The molecule has 1 saturated heterocycles. The third-order valence-corrected chi connectivity index (χ3v) is 4.06. The van der Waals surface area contributed by atoms with Crippen molar-refractivity contribution in [1.29, 1.82) is 0 Å². The Bertz CT molecular complexity index is 801. The zero-order valence-electron chi connectivity index (χ0n) is 13.4. The molecule has 1 heterocycles. The second-order valence-corrected chi connectivity index (χ2v) is 6.21. The summed E-state index contributed by atoms with van der Waals surface area (Å²) in [5.74, 6) is -2.92. The molecule has 1 fully saturated rings. The largest absolute Gasteiger partial charge is 0.350 e. The lowest BCUT2D eigenvalue weighted by atomic mass is 10.0. The summed E-state index contributed by atoms with van der Waals surface area (Å²) in [6.07, 6.45) is 0. The van der Waals surface area contributed by atoms with Crippen LogP contribution in [-0.4, -0.2) is 23.9 Å². The first-order valence-electron chi connectivity index (χ1n) is 7.67. The highest BCUT2D eigenvalue weighted by molar-refractivity contribution is 6.00. The highest BCUT2D eigenvalue weighted by Gasteiger charge is 2.30. The van der Waals surface area contributed by atoms with Gasteiger partial charge in [-0.25, -0.2) is 13.2 Å². The first-order valence-corrected chi connectivity index (χ1v) is 7.67. The van der Waals surface area contributed by atoms with Gasteiger partial charge in [-0.1, -0.05) is 13.0 Å². The fourth-order valence-electron chi connectivity index (χ4n) is 2.74. The first kappa shape index (κ1) is 16.4. The van der Waals surface area contributed by atoms with Crippen molar-refractivity contribution in [3.63, 3.8) is 0 Å². The zero-order chi connectivity index (χ0) is 17.4. The molecule has 1 amide bonds. The number of nitrogens with one attached hydrogen (secondary N) is 1. The maximum atomic E-state index is 14.3. The van der Waals surface area contributed by atoms with Crippen molar-refractivity contribution in [2.24, 2.45) is 5.92 Å². The Morgan fingerprint density at radius 3 is 2.46 bits per heavy atom. The number of aryl methyl sites for hydroxylation is 1. The van der Waals surface area contributed by atoms with E-state index in [2.05, 4.69) is 5.32 Å². The third kappa shape index (κ3) is 2.96. The lowest BCUT2D eigenvalue weighted by Gasteiger charge is -2.37. The molecule has 1 aliphatic heterocycles. The third-order valence-electron chi connectivity index (χ3n) is 4.06. The molecular weight excluding hydrogens is 317 g/mol. The van der Waals surface area contributed by atoms with E-state index in [1.165, 1.54) is 18.2 Å². The summed E-state index contributed by atoms with van der Waals surface area (Å²) in [4.78, 5) is 14.0. The van der Waals surface area contributed by atoms with Crippen molar-refractivity contribution in [3.05, 3.63) is 58.9 Å². The molecule has 0 aromatic heterocycles. The summed E-state index contributed by atoms with van der Waals surface area (Å²) in [6, 6.07) is 6.47. The molecule has 1 aliphatic rings. The van der Waals surface area contributed by atoms with E-state index in [1.54, 1.807) is 17.9 Å². The Balaban J connectivity index is 1.99. The Hall–Kier alpha value is -2.50. The van der Waals surface area contributed by atoms with Crippen LogP contribution in [0.1, 0.15) is 22.8 Å². The second-order valence-electron chi connectivity index (χ2n) is 6.21. The smallest absolute Gasteiger partial charge is 0.256 e. The van der Waals surface area contributed by atoms with Crippen molar-refractivity contribution in [2.75, 3.05) is 18.4 Å². The maximum absolute atomic E-state index is 14.3. The van der Waals surface area contributed by atoms with Gasteiger partial charge in [-0.2, -0.15) is 0 Å². The summed E-state index contributed by atoms with van der Waals surface area (Å²) >= 11 is 0. The monoisotopic (exact) mass is 334 g/mol. The van der Waals surface area contributed by atoms with E-state index in [1.807, 2.05) is 6.92 Å². The lowest BCUT2D eigenvalue weighted by molar-refractivity contribution is 0.0531. The lowest BCUT2D eigenvalue weighted by Crippen LogP contribution is -2.48. The van der Waals surface area contributed by atoms with E-state index in [0.29, 0.717) is 24.6 Å². The molecule has 3 rings (SSSR count). The summed E-state index contributed by atoms with van der Waals surface area (Å²) < 4.78 is 41.9.